The second kappa shape index (κ2) is 11.8. The van der Waals surface area contributed by atoms with Gasteiger partial charge in [0.15, 0.2) is 5.82 Å². The summed E-state index contributed by atoms with van der Waals surface area (Å²) in [5.74, 6) is 0.644. The van der Waals surface area contributed by atoms with Gasteiger partial charge >= 0.3 is 0 Å². The molecule has 1 amide bonds. The van der Waals surface area contributed by atoms with Gasteiger partial charge in [0.1, 0.15) is 5.82 Å². The second-order valence-electron chi connectivity index (χ2n) is 10.8. The minimum atomic E-state index is -0.789. The monoisotopic (exact) mass is 556 g/mol. The highest BCUT2D eigenvalue weighted by atomic mass is 19.1. The molecule has 4 heterocycles. The minimum Gasteiger partial charge on any atom is -0.350 e. The van der Waals surface area contributed by atoms with Crippen LogP contribution >= 0.6 is 0 Å². The predicted octanol–water partition coefficient (Wildman–Crippen LogP) is 5.35. The fraction of sp³-hybridized carbons (Fsp3) is 0.355. The number of benzene rings is 2. The first-order chi connectivity index (χ1) is 20.0. The molecule has 6 rings (SSSR count). The lowest BCUT2D eigenvalue weighted by Gasteiger charge is -2.40. The molecule has 2 aromatic carbocycles. The average Bonchev–Trinajstić information content (AvgIpc) is 3.47. The summed E-state index contributed by atoms with van der Waals surface area (Å²) in [6, 6.07) is 17.9. The number of aromatic nitrogens is 4. The summed E-state index contributed by atoms with van der Waals surface area (Å²) in [5.41, 5.74) is 2.88. The Labute approximate surface area is 238 Å². The van der Waals surface area contributed by atoms with E-state index in [0.29, 0.717) is 41.0 Å². The number of likely N-dealkylation sites (tertiary alicyclic amines) is 1. The molecule has 4 aromatic rings. The standard InChI is InChI=1S/C31H33FN6O3/c1-31(29(39)38-16-6-3-7-17-38)19-40-28(41-20-31)27-36-25(22-10-12-23(32)13-11-22)26(37-27)24-14-15-33-30(35-24)34-18-21-8-4-2-5-9-21/h2,4-5,8-15,28H,3,6-7,16-20H2,1H3,(H,36,37)(H,33,34,35). The van der Waals surface area contributed by atoms with Crippen LogP contribution < -0.4 is 5.32 Å². The summed E-state index contributed by atoms with van der Waals surface area (Å²) in [6.07, 6.45) is 4.10. The molecule has 9 nitrogen and oxygen atoms in total. The number of H-pyrrole nitrogens is 1. The van der Waals surface area contributed by atoms with Crippen LogP contribution in [0.25, 0.3) is 22.6 Å². The maximum atomic E-state index is 13.7. The molecule has 0 bridgehead atoms. The average molecular weight is 557 g/mol. The van der Waals surface area contributed by atoms with Crippen LogP contribution in [0.3, 0.4) is 0 Å². The molecule has 0 saturated carbocycles. The number of ether oxygens (including phenoxy) is 2. The van der Waals surface area contributed by atoms with Crippen molar-refractivity contribution in [3.63, 3.8) is 0 Å². The Morgan fingerprint density at radius 3 is 2.49 bits per heavy atom. The quantitative estimate of drug-likeness (QED) is 0.316. The van der Waals surface area contributed by atoms with E-state index in [9.17, 15) is 9.18 Å². The Kier molecular flexibility index (Phi) is 7.76. The highest BCUT2D eigenvalue weighted by Crippen LogP contribution is 2.36. The molecular weight excluding hydrogens is 523 g/mol. The van der Waals surface area contributed by atoms with E-state index < -0.39 is 11.7 Å². The van der Waals surface area contributed by atoms with Gasteiger partial charge in [0, 0.05) is 31.4 Å². The summed E-state index contributed by atoms with van der Waals surface area (Å²) in [4.78, 5) is 32.4. The van der Waals surface area contributed by atoms with E-state index >= 15 is 0 Å². The van der Waals surface area contributed by atoms with Crippen LogP contribution in [0.4, 0.5) is 10.3 Å². The molecule has 2 N–H and O–H groups in total. The van der Waals surface area contributed by atoms with Crippen LogP contribution in [0.5, 0.6) is 0 Å². The molecule has 2 fully saturated rings. The molecule has 0 unspecified atom stereocenters. The Hall–Kier alpha value is -4.15. The van der Waals surface area contributed by atoms with E-state index in [2.05, 4.69) is 15.3 Å². The fourth-order valence-corrected chi connectivity index (χ4v) is 5.23. The van der Waals surface area contributed by atoms with Gasteiger partial charge in [-0.25, -0.2) is 19.3 Å². The highest BCUT2D eigenvalue weighted by molar-refractivity contribution is 5.83. The summed E-state index contributed by atoms with van der Waals surface area (Å²) >= 11 is 0. The normalized spacial score (nSPS) is 21.0. The number of hydrogen-bond donors (Lipinski definition) is 2. The lowest BCUT2D eigenvalue weighted by Crippen LogP contribution is -2.51. The van der Waals surface area contributed by atoms with E-state index in [-0.39, 0.29) is 24.9 Å². The van der Waals surface area contributed by atoms with Crippen molar-refractivity contribution in [1.29, 1.82) is 0 Å². The first kappa shape index (κ1) is 27.0. The molecule has 0 spiro atoms. The number of carbonyl (C=O) groups is 1. The number of carbonyl (C=O) groups excluding carboxylic acids is 1. The lowest BCUT2D eigenvalue weighted by atomic mass is 9.89. The van der Waals surface area contributed by atoms with E-state index in [1.807, 2.05) is 42.2 Å². The van der Waals surface area contributed by atoms with Crippen LogP contribution in [-0.2, 0) is 20.8 Å². The van der Waals surface area contributed by atoms with E-state index in [1.165, 1.54) is 12.1 Å². The maximum Gasteiger partial charge on any atom is 0.233 e. The number of nitrogens with one attached hydrogen (secondary N) is 2. The molecule has 2 aromatic heterocycles. The van der Waals surface area contributed by atoms with Gasteiger partial charge in [-0.05, 0) is 62.1 Å². The van der Waals surface area contributed by atoms with Gasteiger partial charge in [-0.2, -0.15) is 0 Å². The third-order valence-corrected chi connectivity index (χ3v) is 7.53. The van der Waals surface area contributed by atoms with E-state index in [4.69, 9.17) is 19.4 Å². The predicted molar refractivity (Wildman–Crippen MR) is 152 cm³/mol. The SMILES string of the molecule is CC1(C(=O)N2CCCCC2)COC(c2nc(-c3ccc(F)cc3)c(-c3ccnc(NCc4ccccc4)n3)[nH]2)OC1. The van der Waals surface area contributed by atoms with Crippen molar-refractivity contribution in [2.24, 2.45) is 5.41 Å². The number of amides is 1. The Morgan fingerprint density at radius 2 is 1.76 bits per heavy atom. The number of hydrogen-bond acceptors (Lipinski definition) is 7. The molecule has 0 atom stereocenters. The van der Waals surface area contributed by atoms with Crippen molar-refractivity contribution in [3.05, 3.63) is 84.1 Å². The van der Waals surface area contributed by atoms with Crippen LogP contribution in [0.2, 0.25) is 0 Å². The highest BCUT2D eigenvalue weighted by Gasteiger charge is 2.43. The largest absolute Gasteiger partial charge is 0.350 e. The van der Waals surface area contributed by atoms with Crippen LogP contribution in [0, 0.1) is 11.2 Å². The molecule has 0 radical (unpaired) electrons. The third-order valence-electron chi connectivity index (χ3n) is 7.53. The number of anilines is 1. The van der Waals surface area contributed by atoms with Crippen LogP contribution in [0.15, 0.2) is 66.9 Å². The smallest absolute Gasteiger partial charge is 0.233 e. The molecule has 2 aliphatic rings. The Bertz CT molecular complexity index is 1480. The van der Waals surface area contributed by atoms with E-state index in [1.54, 1.807) is 24.4 Å². The van der Waals surface area contributed by atoms with Crippen LogP contribution in [-0.4, -0.2) is 57.0 Å². The molecule has 0 aliphatic carbocycles. The second-order valence-corrected chi connectivity index (χ2v) is 10.8. The lowest BCUT2D eigenvalue weighted by molar-refractivity contribution is -0.234. The van der Waals surface area contributed by atoms with Gasteiger partial charge in [-0.3, -0.25) is 4.79 Å². The van der Waals surface area contributed by atoms with Gasteiger partial charge in [-0.15, -0.1) is 0 Å². The number of piperidine rings is 1. The summed E-state index contributed by atoms with van der Waals surface area (Å²) in [6.45, 7) is 4.46. The van der Waals surface area contributed by atoms with Gasteiger partial charge in [0.25, 0.3) is 0 Å². The summed E-state index contributed by atoms with van der Waals surface area (Å²) in [5, 5.41) is 3.26. The number of rotatable bonds is 7. The molecule has 10 heteroatoms. The Morgan fingerprint density at radius 1 is 1.02 bits per heavy atom. The van der Waals surface area contributed by atoms with Crippen molar-refractivity contribution in [1.82, 2.24) is 24.8 Å². The van der Waals surface area contributed by atoms with Crippen molar-refractivity contribution in [2.75, 3.05) is 31.6 Å². The zero-order valence-electron chi connectivity index (χ0n) is 23.0. The maximum absolute atomic E-state index is 13.7. The van der Waals surface area contributed by atoms with Crippen LogP contribution in [0.1, 0.15) is 43.9 Å². The van der Waals surface area contributed by atoms with Gasteiger partial charge in [0.05, 0.1) is 35.7 Å². The van der Waals surface area contributed by atoms with Crippen molar-refractivity contribution >= 4 is 11.9 Å². The molecule has 2 saturated heterocycles. The van der Waals surface area contributed by atoms with Crippen molar-refractivity contribution in [3.8, 4) is 22.6 Å². The number of nitrogens with zero attached hydrogens (tertiary/aromatic N) is 4. The van der Waals surface area contributed by atoms with Gasteiger partial charge in [0.2, 0.25) is 18.1 Å². The van der Waals surface area contributed by atoms with Crippen molar-refractivity contribution in [2.45, 2.75) is 39.0 Å². The third kappa shape index (κ3) is 5.98. The van der Waals surface area contributed by atoms with Crippen molar-refractivity contribution < 1.29 is 18.7 Å². The number of halogens is 1. The zero-order chi connectivity index (χ0) is 28.2. The first-order valence-electron chi connectivity index (χ1n) is 14.0. The molecular formula is C31H33FN6O3. The van der Waals surface area contributed by atoms with Gasteiger partial charge in [-0.1, -0.05) is 30.3 Å². The fourth-order valence-electron chi connectivity index (χ4n) is 5.23. The van der Waals surface area contributed by atoms with E-state index in [0.717, 1.165) is 37.9 Å². The summed E-state index contributed by atoms with van der Waals surface area (Å²) < 4.78 is 25.9. The topological polar surface area (TPSA) is 105 Å². The molecule has 212 valence electrons. The minimum absolute atomic E-state index is 0.0688. The molecule has 2 aliphatic heterocycles. The first-order valence-corrected chi connectivity index (χ1v) is 14.0. The number of aromatic amines is 1. The molecule has 41 heavy (non-hydrogen) atoms. The van der Waals surface area contributed by atoms with Gasteiger partial charge < -0.3 is 24.7 Å². The zero-order valence-corrected chi connectivity index (χ0v) is 23.0. The summed E-state index contributed by atoms with van der Waals surface area (Å²) in [7, 11) is 0. The Balaban J connectivity index is 1.25. The number of imidazole rings is 1.